The van der Waals surface area contributed by atoms with Crippen molar-refractivity contribution in [1.29, 1.82) is 0 Å². The first kappa shape index (κ1) is 20.2. The van der Waals surface area contributed by atoms with E-state index >= 15 is 0 Å². The zero-order valence-corrected chi connectivity index (χ0v) is 17.1. The van der Waals surface area contributed by atoms with Crippen LogP contribution in [0.3, 0.4) is 0 Å². The van der Waals surface area contributed by atoms with Gasteiger partial charge in [-0.3, -0.25) is 4.79 Å². The topological polar surface area (TPSA) is 65.7 Å². The van der Waals surface area contributed by atoms with Crippen LogP contribution >= 0.6 is 0 Å². The van der Waals surface area contributed by atoms with Gasteiger partial charge in [0.25, 0.3) is 0 Å². The molecule has 0 unspecified atom stereocenters. The van der Waals surface area contributed by atoms with Crippen molar-refractivity contribution in [3.05, 3.63) is 100 Å². The van der Waals surface area contributed by atoms with Crippen molar-refractivity contribution in [2.24, 2.45) is 0 Å². The van der Waals surface area contributed by atoms with E-state index in [2.05, 4.69) is 0 Å². The quantitative estimate of drug-likeness (QED) is 0.325. The molecule has 0 saturated heterocycles. The smallest absolute Gasteiger partial charge is 0.336 e. The fourth-order valence-corrected chi connectivity index (χ4v) is 3.18. The fourth-order valence-electron chi connectivity index (χ4n) is 3.18. The molecule has 0 fully saturated rings. The second-order valence-electron chi connectivity index (χ2n) is 6.98. The van der Waals surface area contributed by atoms with Crippen molar-refractivity contribution < 1.29 is 18.7 Å². The highest BCUT2D eigenvalue weighted by molar-refractivity contribution is 5.91. The van der Waals surface area contributed by atoms with E-state index in [0.717, 1.165) is 16.9 Å². The van der Waals surface area contributed by atoms with Crippen molar-refractivity contribution >= 4 is 23.0 Å². The molecule has 0 N–H and O–H groups in total. The number of methoxy groups -OCH3 is 1. The van der Waals surface area contributed by atoms with Gasteiger partial charge in [0.05, 0.1) is 12.5 Å². The maximum atomic E-state index is 13.2. The number of hydrogen-bond acceptors (Lipinski definition) is 5. The van der Waals surface area contributed by atoms with Gasteiger partial charge in [-0.25, -0.2) is 4.79 Å². The molecule has 0 aliphatic heterocycles. The number of ether oxygens (including phenoxy) is 2. The molecule has 0 saturated carbocycles. The van der Waals surface area contributed by atoms with E-state index in [1.165, 1.54) is 6.08 Å². The van der Waals surface area contributed by atoms with Crippen molar-refractivity contribution in [2.45, 2.75) is 6.92 Å². The Morgan fingerprint density at radius 3 is 2.42 bits per heavy atom. The molecule has 0 amide bonds. The van der Waals surface area contributed by atoms with Crippen molar-refractivity contribution in [2.75, 3.05) is 7.11 Å². The molecule has 0 spiro atoms. The Morgan fingerprint density at radius 2 is 1.71 bits per heavy atom. The van der Waals surface area contributed by atoms with Crippen LogP contribution in [0.25, 0.3) is 28.4 Å². The first-order chi connectivity index (χ1) is 15.0. The molecule has 0 bridgehead atoms. The normalized spacial score (nSPS) is 11.0. The number of carbonyl (C=O) groups is 1. The van der Waals surface area contributed by atoms with E-state index in [4.69, 9.17) is 13.9 Å². The predicted molar refractivity (Wildman–Crippen MR) is 120 cm³/mol. The summed E-state index contributed by atoms with van der Waals surface area (Å²) in [6.45, 7) is 1.88. The number of fused-ring (bicyclic) bond motifs is 1. The number of rotatable bonds is 5. The van der Waals surface area contributed by atoms with E-state index in [0.29, 0.717) is 16.5 Å². The average Bonchev–Trinajstić information content (AvgIpc) is 2.80. The van der Waals surface area contributed by atoms with Crippen molar-refractivity contribution in [3.63, 3.8) is 0 Å². The van der Waals surface area contributed by atoms with Crippen molar-refractivity contribution in [1.82, 2.24) is 0 Å². The van der Waals surface area contributed by atoms with Gasteiger partial charge in [0.2, 0.25) is 11.2 Å². The lowest BCUT2D eigenvalue weighted by atomic mass is 10.1. The summed E-state index contributed by atoms with van der Waals surface area (Å²) in [5.74, 6) is 0.130. The van der Waals surface area contributed by atoms with Gasteiger partial charge in [0, 0.05) is 11.6 Å². The molecule has 4 aromatic rings. The summed E-state index contributed by atoms with van der Waals surface area (Å²) in [6.07, 6.45) is 2.88. The van der Waals surface area contributed by atoms with Crippen LogP contribution < -0.4 is 14.9 Å². The summed E-state index contributed by atoms with van der Waals surface area (Å²) in [6, 6.07) is 21.6. The molecule has 1 heterocycles. The first-order valence-electron chi connectivity index (χ1n) is 9.72. The lowest BCUT2D eigenvalue weighted by Crippen LogP contribution is -2.14. The molecule has 5 nitrogen and oxygen atoms in total. The van der Waals surface area contributed by atoms with Crippen LogP contribution in [0.5, 0.6) is 11.5 Å². The highest BCUT2D eigenvalue weighted by Crippen LogP contribution is 2.31. The van der Waals surface area contributed by atoms with E-state index in [1.807, 2.05) is 43.3 Å². The van der Waals surface area contributed by atoms with E-state index < -0.39 is 11.4 Å². The summed E-state index contributed by atoms with van der Waals surface area (Å²) < 4.78 is 16.6. The predicted octanol–water partition coefficient (Wildman–Crippen LogP) is 5.40. The Morgan fingerprint density at radius 1 is 0.968 bits per heavy atom. The Balaban J connectivity index is 1.72. The zero-order chi connectivity index (χ0) is 21.8. The first-order valence-corrected chi connectivity index (χ1v) is 9.72. The molecule has 3 aromatic carbocycles. The summed E-state index contributed by atoms with van der Waals surface area (Å²) in [5.41, 5.74) is 2.38. The third-order valence-corrected chi connectivity index (χ3v) is 4.77. The zero-order valence-electron chi connectivity index (χ0n) is 17.1. The fraction of sp³-hybridized carbons (Fsp3) is 0.0769. The van der Waals surface area contributed by atoms with Crippen LogP contribution in [0, 0.1) is 6.92 Å². The minimum Gasteiger partial charge on any atom is -0.497 e. The van der Waals surface area contributed by atoms with Gasteiger partial charge in [0.1, 0.15) is 11.3 Å². The van der Waals surface area contributed by atoms with Crippen LogP contribution in [0.1, 0.15) is 11.1 Å². The molecule has 31 heavy (non-hydrogen) atoms. The number of esters is 1. The van der Waals surface area contributed by atoms with Gasteiger partial charge in [0.15, 0.2) is 5.76 Å². The van der Waals surface area contributed by atoms with Crippen LogP contribution in [0.2, 0.25) is 0 Å². The second-order valence-corrected chi connectivity index (χ2v) is 6.98. The van der Waals surface area contributed by atoms with Gasteiger partial charge in [-0.05, 0) is 42.8 Å². The minimum absolute atomic E-state index is 0.131. The van der Waals surface area contributed by atoms with Gasteiger partial charge in [-0.1, -0.05) is 54.1 Å². The lowest BCUT2D eigenvalue weighted by Gasteiger charge is -2.10. The maximum Gasteiger partial charge on any atom is 0.336 e. The molecule has 0 atom stereocenters. The largest absolute Gasteiger partial charge is 0.497 e. The molecule has 0 aliphatic carbocycles. The van der Waals surface area contributed by atoms with Crippen LogP contribution in [0.15, 0.2) is 88.1 Å². The second kappa shape index (κ2) is 8.71. The van der Waals surface area contributed by atoms with Crippen LogP contribution in [-0.2, 0) is 4.79 Å². The van der Waals surface area contributed by atoms with Gasteiger partial charge in [-0.15, -0.1) is 0 Å². The Hall–Kier alpha value is -4.12. The third kappa shape index (κ3) is 4.41. The Labute approximate surface area is 179 Å². The monoisotopic (exact) mass is 412 g/mol. The van der Waals surface area contributed by atoms with Gasteiger partial charge < -0.3 is 13.9 Å². The Kier molecular flexibility index (Phi) is 5.67. The van der Waals surface area contributed by atoms with E-state index in [9.17, 15) is 9.59 Å². The molecule has 154 valence electrons. The summed E-state index contributed by atoms with van der Waals surface area (Å²) in [7, 11) is 1.59. The highest BCUT2D eigenvalue weighted by Gasteiger charge is 2.19. The van der Waals surface area contributed by atoms with Gasteiger partial charge >= 0.3 is 5.97 Å². The van der Waals surface area contributed by atoms with Gasteiger partial charge in [-0.2, -0.15) is 0 Å². The molecule has 4 rings (SSSR count). The summed E-state index contributed by atoms with van der Waals surface area (Å²) >= 11 is 0. The maximum absolute atomic E-state index is 13.2. The lowest BCUT2D eigenvalue weighted by molar-refractivity contribution is -0.129. The number of benzene rings is 3. The SMILES string of the molecule is COc1ccc(C=CC(=O)Oc2c(-c3ccccc3)oc3ccc(C)cc3c2=O)cc1. The minimum atomic E-state index is -0.674. The molecular weight excluding hydrogens is 392 g/mol. The number of aryl methyl sites for hydroxylation is 1. The van der Waals surface area contributed by atoms with E-state index in [-0.39, 0.29) is 11.5 Å². The third-order valence-electron chi connectivity index (χ3n) is 4.77. The highest BCUT2D eigenvalue weighted by atomic mass is 16.5. The molecule has 0 aliphatic rings. The Bertz CT molecular complexity index is 1320. The summed E-state index contributed by atoms with van der Waals surface area (Å²) in [4.78, 5) is 25.7. The van der Waals surface area contributed by atoms with Crippen LogP contribution in [-0.4, -0.2) is 13.1 Å². The van der Waals surface area contributed by atoms with Crippen molar-refractivity contribution in [3.8, 4) is 22.8 Å². The number of hydrogen-bond donors (Lipinski definition) is 0. The molecule has 0 radical (unpaired) electrons. The average molecular weight is 412 g/mol. The summed E-state index contributed by atoms with van der Waals surface area (Å²) in [5, 5.41) is 0.363. The van der Waals surface area contributed by atoms with E-state index in [1.54, 1.807) is 49.6 Å². The molecule has 1 aromatic heterocycles. The standard InChI is InChI=1S/C26H20O5/c1-17-8-14-22-21(16-17)24(28)26(25(30-22)19-6-4-3-5-7-19)31-23(27)15-11-18-9-12-20(29-2)13-10-18/h3-16H,1-2H3. The molecule has 5 heteroatoms. The number of carbonyl (C=O) groups excluding carboxylic acids is 1. The van der Waals surface area contributed by atoms with Crippen LogP contribution in [0.4, 0.5) is 0 Å². The molecular formula is C26H20O5.